The third-order valence-corrected chi connectivity index (χ3v) is 4.69. The van der Waals surface area contributed by atoms with Crippen LogP contribution in [0.5, 0.6) is 11.5 Å². The number of carboxylic acid groups (broad SMARTS) is 1. The molecule has 0 amide bonds. The molecule has 33 heavy (non-hydrogen) atoms. The first kappa shape index (κ1) is 23.0. The van der Waals surface area contributed by atoms with E-state index in [0.29, 0.717) is 17.0 Å². The number of rotatable bonds is 5. The van der Waals surface area contributed by atoms with Crippen molar-refractivity contribution in [2.24, 2.45) is 0 Å². The Balaban J connectivity index is 0.000000186. The van der Waals surface area contributed by atoms with Gasteiger partial charge in [-0.15, -0.1) is 0 Å². The molecule has 2 heterocycles. The van der Waals surface area contributed by atoms with E-state index < -0.39 is 5.97 Å². The van der Waals surface area contributed by atoms with E-state index in [0.717, 1.165) is 22.4 Å². The third kappa shape index (κ3) is 5.71. The molecule has 0 unspecified atom stereocenters. The minimum atomic E-state index is -1.04. The first-order valence-electron chi connectivity index (χ1n) is 9.89. The molecule has 0 spiro atoms. The fourth-order valence-corrected chi connectivity index (χ4v) is 3.12. The fraction of sp³-hybridized carbons (Fsp3) is 0.0769. The highest BCUT2D eigenvalue weighted by molar-refractivity contribution is 5.93. The van der Waals surface area contributed by atoms with E-state index in [4.69, 9.17) is 19.8 Å². The average molecular weight is 439 g/mol. The lowest BCUT2D eigenvalue weighted by Gasteiger charge is -2.06. The lowest BCUT2D eigenvalue weighted by molar-refractivity contribution is 0.0691. The number of benzene rings is 2. The van der Waals surface area contributed by atoms with Gasteiger partial charge in [0.25, 0.3) is 0 Å². The molecule has 0 atom stereocenters. The number of aromatic nitrogens is 2. The molecule has 0 aliphatic rings. The summed E-state index contributed by atoms with van der Waals surface area (Å²) in [5.74, 6) is 0.413. The van der Waals surface area contributed by atoms with Gasteiger partial charge in [0, 0.05) is 23.5 Å². The highest BCUT2D eigenvalue weighted by Crippen LogP contribution is 2.26. The second-order valence-corrected chi connectivity index (χ2v) is 6.68. The van der Waals surface area contributed by atoms with E-state index in [1.54, 1.807) is 44.7 Å². The van der Waals surface area contributed by atoms with Crippen molar-refractivity contribution in [3.8, 4) is 39.8 Å². The minimum absolute atomic E-state index is 0.0424. The summed E-state index contributed by atoms with van der Waals surface area (Å²) < 4.78 is 10.3. The van der Waals surface area contributed by atoms with Gasteiger partial charge < -0.3 is 14.6 Å². The summed E-state index contributed by atoms with van der Waals surface area (Å²) in [6.45, 7) is 0. The number of hydrogen-bond donors (Lipinski definition) is 1. The van der Waals surface area contributed by atoms with Crippen molar-refractivity contribution in [1.82, 2.24) is 9.97 Å². The van der Waals surface area contributed by atoms with Crippen molar-refractivity contribution < 1.29 is 19.4 Å². The van der Waals surface area contributed by atoms with Crippen LogP contribution in [0.15, 0.2) is 85.2 Å². The normalized spacial score (nSPS) is 9.73. The largest absolute Gasteiger partial charge is 0.497 e. The van der Waals surface area contributed by atoms with Crippen molar-refractivity contribution in [1.29, 1.82) is 5.26 Å². The zero-order chi connectivity index (χ0) is 23.6. The summed E-state index contributed by atoms with van der Waals surface area (Å²) in [5, 5.41) is 18.0. The second-order valence-electron chi connectivity index (χ2n) is 6.68. The van der Waals surface area contributed by atoms with Crippen molar-refractivity contribution in [2.75, 3.05) is 14.2 Å². The summed E-state index contributed by atoms with van der Waals surface area (Å²) >= 11 is 0. The molecule has 7 heteroatoms. The molecule has 0 fully saturated rings. The van der Waals surface area contributed by atoms with Gasteiger partial charge in [-0.2, -0.15) is 5.26 Å². The number of carbonyl (C=O) groups is 1. The average Bonchev–Trinajstić information content (AvgIpc) is 2.89. The number of ether oxygens (including phenoxy) is 2. The Hall–Kier alpha value is -4.70. The number of hydrogen-bond acceptors (Lipinski definition) is 6. The molecule has 0 aliphatic carbocycles. The molecule has 0 saturated heterocycles. The predicted octanol–water partition coefficient (Wildman–Crippen LogP) is 5.08. The first-order chi connectivity index (χ1) is 16.1. The Morgan fingerprint density at radius 3 is 1.91 bits per heavy atom. The Kier molecular flexibility index (Phi) is 7.71. The van der Waals surface area contributed by atoms with Crippen LogP contribution in [0.3, 0.4) is 0 Å². The third-order valence-electron chi connectivity index (χ3n) is 4.69. The molecule has 0 aliphatic heterocycles. The van der Waals surface area contributed by atoms with Gasteiger partial charge in [0.2, 0.25) is 0 Å². The smallest absolute Gasteiger partial charge is 0.355 e. The second kappa shape index (κ2) is 11.1. The Morgan fingerprint density at radius 1 is 0.818 bits per heavy atom. The van der Waals surface area contributed by atoms with Gasteiger partial charge in [0.1, 0.15) is 23.3 Å². The van der Waals surface area contributed by atoms with Crippen molar-refractivity contribution in [2.45, 2.75) is 0 Å². The standard InChI is InChI=1S/C13H10N2O.C13H11NO3/c1-16-11-5-2-4-10(8-11)12-6-3-7-15-13(12)9-14;1-17-10-5-2-4-9(8-10)11-6-3-7-14-12(11)13(15)16/h2-8H,1H3;2-8H,1H3,(H,15,16). The Bertz CT molecular complexity index is 1300. The molecule has 7 nitrogen and oxygen atoms in total. The SMILES string of the molecule is COc1cccc(-c2cccnc2C#N)c1.COc1cccc(-c2cccnc2C(=O)O)c1. The molecule has 164 valence electrons. The van der Waals surface area contributed by atoms with Crippen molar-refractivity contribution in [3.05, 3.63) is 96.6 Å². The molecule has 0 radical (unpaired) electrons. The van der Waals surface area contributed by atoms with Crippen LogP contribution in [-0.2, 0) is 0 Å². The van der Waals surface area contributed by atoms with Gasteiger partial charge in [0.15, 0.2) is 5.69 Å². The molecule has 4 aromatic rings. The van der Waals surface area contributed by atoms with Crippen LogP contribution >= 0.6 is 0 Å². The van der Waals surface area contributed by atoms with E-state index in [1.165, 1.54) is 6.20 Å². The van der Waals surface area contributed by atoms with Gasteiger partial charge in [-0.25, -0.2) is 14.8 Å². The van der Waals surface area contributed by atoms with Crippen LogP contribution in [0, 0.1) is 11.3 Å². The molecule has 2 aromatic heterocycles. The van der Waals surface area contributed by atoms with Gasteiger partial charge in [-0.1, -0.05) is 30.3 Å². The summed E-state index contributed by atoms with van der Waals surface area (Å²) in [5.41, 5.74) is 3.58. The molecule has 2 aromatic carbocycles. The van der Waals surface area contributed by atoms with E-state index in [1.807, 2.05) is 48.5 Å². The van der Waals surface area contributed by atoms with Crippen LogP contribution < -0.4 is 9.47 Å². The fourth-order valence-electron chi connectivity index (χ4n) is 3.12. The highest BCUT2D eigenvalue weighted by atomic mass is 16.5. The molecule has 4 rings (SSSR count). The molecule has 0 saturated carbocycles. The quantitative estimate of drug-likeness (QED) is 0.462. The number of nitrogens with zero attached hydrogens (tertiary/aromatic N) is 3. The van der Waals surface area contributed by atoms with E-state index >= 15 is 0 Å². The minimum Gasteiger partial charge on any atom is -0.497 e. The first-order valence-corrected chi connectivity index (χ1v) is 9.89. The molecule has 0 bridgehead atoms. The van der Waals surface area contributed by atoms with Crippen LogP contribution in [0.4, 0.5) is 0 Å². The summed E-state index contributed by atoms with van der Waals surface area (Å²) in [6.07, 6.45) is 3.08. The van der Waals surface area contributed by atoms with E-state index in [9.17, 15) is 4.79 Å². The number of methoxy groups -OCH3 is 2. The number of pyridine rings is 2. The van der Waals surface area contributed by atoms with Crippen molar-refractivity contribution in [3.63, 3.8) is 0 Å². The van der Waals surface area contributed by atoms with E-state index in [2.05, 4.69) is 16.0 Å². The number of carboxylic acids is 1. The van der Waals surface area contributed by atoms with Gasteiger partial charge in [0.05, 0.1) is 14.2 Å². The maximum absolute atomic E-state index is 11.1. The summed E-state index contributed by atoms with van der Waals surface area (Å²) in [7, 11) is 3.19. The van der Waals surface area contributed by atoms with Crippen LogP contribution in [0.25, 0.3) is 22.3 Å². The van der Waals surface area contributed by atoms with Gasteiger partial charge >= 0.3 is 5.97 Å². The molecular weight excluding hydrogens is 418 g/mol. The van der Waals surface area contributed by atoms with Gasteiger partial charge in [-0.3, -0.25) is 0 Å². The Morgan fingerprint density at radius 2 is 1.36 bits per heavy atom. The van der Waals surface area contributed by atoms with Gasteiger partial charge in [-0.05, 0) is 53.6 Å². The zero-order valence-corrected chi connectivity index (χ0v) is 18.1. The lowest BCUT2D eigenvalue weighted by Crippen LogP contribution is -2.02. The molecule has 1 N–H and O–H groups in total. The Labute approximate surface area is 191 Å². The van der Waals surface area contributed by atoms with Crippen LogP contribution in [0.1, 0.15) is 16.2 Å². The van der Waals surface area contributed by atoms with E-state index in [-0.39, 0.29) is 5.69 Å². The monoisotopic (exact) mass is 439 g/mol. The number of aromatic carboxylic acids is 1. The summed E-state index contributed by atoms with van der Waals surface area (Å²) in [4.78, 5) is 19.0. The maximum atomic E-state index is 11.1. The topological polar surface area (TPSA) is 105 Å². The van der Waals surface area contributed by atoms with Crippen LogP contribution in [0.2, 0.25) is 0 Å². The summed E-state index contributed by atoms with van der Waals surface area (Å²) in [6, 6.07) is 24.0. The molecular formula is C26H21N3O4. The number of nitriles is 1. The highest BCUT2D eigenvalue weighted by Gasteiger charge is 2.12. The predicted molar refractivity (Wildman–Crippen MR) is 124 cm³/mol. The van der Waals surface area contributed by atoms with Crippen molar-refractivity contribution >= 4 is 5.97 Å². The maximum Gasteiger partial charge on any atom is 0.355 e. The zero-order valence-electron chi connectivity index (χ0n) is 18.1. The lowest BCUT2D eigenvalue weighted by atomic mass is 10.0. The van der Waals surface area contributed by atoms with Crippen LogP contribution in [-0.4, -0.2) is 35.3 Å².